The summed E-state index contributed by atoms with van der Waals surface area (Å²) in [7, 11) is 3.17. The van der Waals surface area contributed by atoms with E-state index in [4.69, 9.17) is 9.47 Å². The predicted molar refractivity (Wildman–Crippen MR) is 97.9 cm³/mol. The fraction of sp³-hybridized carbons (Fsp3) is 0.222. The number of hydrogen-bond acceptors (Lipinski definition) is 5. The van der Waals surface area contributed by atoms with E-state index < -0.39 is 0 Å². The number of methoxy groups -OCH3 is 2. The van der Waals surface area contributed by atoms with Gasteiger partial charge in [-0.3, -0.25) is 4.79 Å². The Hall–Kier alpha value is -2.47. The van der Waals surface area contributed by atoms with Gasteiger partial charge in [-0.1, -0.05) is 30.3 Å². The van der Waals surface area contributed by atoms with Gasteiger partial charge in [0.2, 0.25) is 5.91 Å². The third-order valence-electron chi connectivity index (χ3n) is 3.18. The molecule has 6 heteroatoms. The Bertz CT molecular complexity index is 690. The van der Waals surface area contributed by atoms with Crippen molar-refractivity contribution < 1.29 is 14.3 Å². The van der Waals surface area contributed by atoms with E-state index in [2.05, 4.69) is 10.5 Å². The first kappa shape index (κ1) is 17.9. The molecule has 2 rings (SSSR count). The van der Waals surface area contributed by atoms with Gasteiger partial charge in [-0.05, 0) is 17.7 Å². The molecule has 0 saturated carbocycles. The zero-order chi connectivity index (χ0) is 17.2. The van der Waals surface area contributed by atoms with E-state index in [1.807, 2.05) is 36.4 Å². The molecule has 5 nitrogen and oxygen atoms in total. The Morgan fingerprint density at radius 2 is 1.96 bits per heavy atom. The third-order valence-corrected chi connectivity index (χ3v) is 4.18. The Labute approximate surface area is 146 Å². The summed E-state index contributed by atoms with van der Waals surface area (Å²) in [5, 5.41) is 3.97. The highest BCUT2D eigenvalue weighted by Crippen LogP contribution is 2.22. The first-order valence-electron chi connectivity index (χ1n) is 7.38. The summed E-state index contributed by atoms with van der Waals surface area (Å²) in [5.74, 6) is 2.34. The van der Waals surface area contributed by atoms with E-state index in [9.17, 15) is 4.79 Å². The summed E-state index contributed by atoms with van der Waals surface area (Å²) in [6, 6.07) is 15.4. The lowest BCUT2D eigenvalue weighted by Gasteiger charge is -2.07. The minimum absolute atomic E-state index is 0.139. The van der Waals surface area contributed by atoms with Crippen LogP contribution in [0.25, 0.3) is 0 Å². The molecule has 0 heterocycles. The number of ether oxygens (including phenoxy) is 2. The Kier molecular flexibility index (Phi) is 7.17. The van der Waals surface area contributed by atoms with Crippen LogP contribution in [0.2, 0.25) is 0 Å². The van der Waals surface area contributed by atoms with E-state index >= 15 is 0 Å². The second-order valence-electron chi connectivity index (χ2n) is 4.88. The van der Waals surface area contributed by atoms with Gasteiger partial charge in [0, 0.05) is 17.4 Å². The van der Waals surface area contributed by atoms with E-state index in [0.29, 0.717) is 17.3 Å². The lowest BCUT2D eigenvalue weighted by Crippen LogP contribution is -2.19. The molecule has 0 aromatic heterocycles. The van der Waals surface area contributed by atoms with Crippen LogP contribution in [-0.4, -0.2) is 32.1 Å². The number of amides is 1. The molecule has 2 aromatic carbocycles. The molecule has 0 aliphatic heterocycles. The Morgan fingerprint density at radius 3 is 2.67 bits per heavy atom. The molecule has 0 fully saturated rings. The largest absolute Gasteiger partial charge is 0.497 e. The van der Waals surface area contributed by atoms with Gasteiger partial charge < -0.3 is 9.47 Å². The molecule has 0 bridgehead atoms. The van der Waals surface area contributed by atoms with Crippen LogP contribution < -0.4 is 14.9 Å². The molecule has 1 amide bonds. The highest BCUT2D eigenvalue weighted by atomic mass is 32.2. The van der Waals surface area contributed by atoms with Gasteiger partial charge in [-0.25, -0.2) is 5.43 Å². The summed E-state index contributed by atoms with van der Waals surface area (Å²) >= 11 is 1.55. The number of thioether (sulfide) groups is 1. The summed E-state index contributed by atoms with van der Waals surface area (Å²) in [6.07, 6.45) is 1.55. The van der Waals surface area contributed by atoms with Crippen molar-refractivity contribution in [2.45, 2.75) is 5.75 Å². The molecule has 1 N–H and O–H groups in total. The van der Waals surface area contributed by atoms with Gasteiger partial charge in [0.1, 0.15) is 11.5 Å². The molecule has 24 heavy (non-hydrogen) atoms. The second-order valence-corrected chi connectivity index (χ2v) is 5.87. The molecule has 0 atom stereocenters. The van der Waals surface area contributed by atoms with Crippen LogP contribution >= 0.6 is 11.8 Å². The van der Waals surface area contributed by atoms with Crippen LogP contribution in [0.15, 0.2) is 53.6 Å². The molecule has 0 aliphatic carbocycles. The van der Waals surface area contributed by atoms with Gasteiger partial charge in [-0.15, -0.1) is 11.8 Å². The monoisotopic (exact) mass is 344 g/mol. The smallest absolute Gasteiger partial charge is 0.250 e. The highest BCUT2D eigenvalue weighted by molar-refractivity contribution is 7.99. The number of nitrogens with zero attached hydrogens (tertiary/aromatic N) is 1. The number of hydrazone groups is 1. The van der Waals surface area contributed by atoms with Crippen LogP contribution in [0.3, 0.4) is 0 Å². The van der Waals surface area contributed by atoms with E-state index in [1.54, 1.807) is 44.3 Å². The molecule has 0 radical (unpaired) electrons. The molecule has 0 saturated heterocycles. The normalized spacial score (nSPS) is 10.6. The van der Waals surface area contributed by atoms with Gasteiger partial charge >= 0.3 is 0 Å². The Morgan fingerprint density at radius 1 is 1.17 bits per heavy atom. The number of nitrogens with one attached hydrogen (secondary N) is 1. The molecule has 0 spiro atoms. The first-order chi connectivity index (χ1) is 11.7. The van der Waals surface area contributed by atoms with Crippen LogP contribution in [-0.2, 0) is 10.5 Å². The average Bonchev–Trinajstić information content (AvgIpc) is 2.62. The maximum Gasteiger partial charge on any atom is 0.250 e. The van der Waals surface area contributed by atoms with Crippen LogP contribution in [0.5, 0.6) is 11.5 Å². The number of benzene rings is 2. The number of rotatable bonds is 8. The number of carbonyl (C=O) groups is 1. The van der Waals surface area contributed by atoms with Gasteiger partial charge in [-0.2, -0.15) is 5.10 Å². The van der Waals surface area contributed by atoms with Crippen molar-refractivity contribution in [1.29, 1.82) is 0 Å². The van der Waals surface area contributed by atoms with Gasteiger partial charge in [0.05, 0.1) is 26.2 Å². The highest BCUT2D eigenvalue weighted by Gasteiger charge is 2.04. The topological polar surface area (TPSA) is 59.9 Å². The molecule has 126 valence electrons. The third kappa shape index (κ3) is 5.62. The minimum Gasteiger partial charge on any atom is -0.497 e. The maximum absolute atomic E-state index is 11.8. The van der Waals surface area contributed by atoms with E-state index in [-0.39, 0.29) is 5.91 Å². The molecular formula is C18H20N2O3S. The SMILES string of the molecule is COc1ccc(/C=N\NC(=O)CSCc2ccccc2)c(OC)c1. The standard InChI is InChI=1S/C18H20N2O3S/c1-22-16-9-8-15(17(10-16)23-2)11-19-20-18(21)13-24-12-14-6-4-3-5-7-14/h3-11H,12-13H2,1-2H3,(H,20,21)/b19-11-. The lowest BCUT2D eigenvalue weighted by atomic mass is 10.2. The fourth-order valence-corrected chi connectivity index (χ4v) is 2.75. The summed E-state index contributed by atoms with van der Waals surface area (Å²) in [4.78, 5) is 11.8. The fourth-order valence-electron chi connectivity index (χ4n) is 1.97. The van der Waals surface area contributed by atoms with Crippen molar-refractivity contribution in [3.05, 3.63) is 59.7 Å². The molecule has 0 unspecified atom stereocenters. The summed E-state index contributed by atoms with van der Waals surface area (Å²) in [6.45, 7) is 0. The number of carbonyl (C=O) groups excluding carboxylic acids is 1. The average molecular weight is 344 g/mol. The lowest BCUT2D eigenvalue weighted by molar-refractivity contribution is -0.118. The van der Waals surface area contributed by atoms with E-state index in [0.717, 1.165) is 11.3 Å². The number of hydrogen-bond donors (Lipinski definition) is 1. The van der Waals surface area contributed by atoms with Crippen molar-refractivity contribution in [3.8, 4) is 11.5 Å². The van der Waals surface area contributed by atoms with Gasteiger partial charge in [0.15, 0.2) is 0 Å². The van der Waals surface area contributed by atoms with Crippen LogP contribution in [0.4, 0.5) is 0 Å². The second kappa shape index (κ2) is 9.62. The molecule has 2 aromatic rings. The Balaban J connectivity index is 1.79. The van der Waals surface area contributed by atoms with Gasteiger partial charge in [0.25, 0.3) is 0 Å². The predicted octanol–water partition coefficient (Wildman–Crippen LogP) is 3.09. The van der Waals surface area contributed by atoms with Crippen LogP contribution in [0, 0.1) is 0 Å². The maximum atomic E-state index is 11.8. The molecular weight excluding hydrogens is 324 g/mol. The summed E-state index contributed by atoms with van der Waals surface area (Å²) < 4.78 is 10.4. The van der Waals surface area contributed by atoms with Crippen molar-refractivity contribution >= 4 is 23.9 Å². The van der Waals surface area contributed by atoms with Crippen LogP contribution in [0.1, 0.15) is 11.1 Å². The first-order valence-corrected chi connectivity index (χ1v) is 8.54. The minimum atomic E-state index is -0.139. The van der Waals surface area contributed by atoms with Crippen molar-refractivity contribution in [2.75, 3.05) is 20.0 Å². The zero-order valence-electron chi connectivity index (χ0n) is 13.7. The van der Waals surface area contributed by atoms with Crippen molar-refractivity contribution in [1.82, 2.24) is 5.43 Å². The quantitative estimate of drug-likeness (QED) is 0.590. The zero-order valence-corrected chi connectivity index (χ0v) is 14.5. The molecule has 0 aliphatic rings. The van der Waals surface area contributed by atoms with E-state index in [1.165, 1.54) is 5.56 Å². The van der Waals surface area contributed by atoms with Crippen molar-refractivity contribution in [2.24, 2.45) is 5.10 Å². The summed E-state index contributed by atoms with van der Waals surface area (Å²) in [5.41, 5.74) is 4.48. The van der Waals surface area contributed by atoms with Crippen molar-refractivity contribution in [3.63, 3.8) is 0 Å².